The van der Waals surface area contributed by atoms with Crippen LogP contribution in [0.4, 0.5) is 5.69 Å². The second kappa shape index (κ2) is 9.18. The molecule has 2 N–H and O–H groups in total. The molecular formula is C18H28N4O. The molecule has 1 aromatic rings. The van der Waals surface area contributed by atoms with E-state index in [0.717, 1.165) is 43.3 Å². The molecule has 0 radical (unpaired) electrons. The van der Waals surface area contributed by atoms with Gasteiger partial charge in [0.2, 0.25) is 5.91 Å². The molecular weight excluding hydrogens is 288 g/mol. The third kappa shape index (κ3) is 5.58. The molecule has 5 heteroatoms. The molecule has 23 heavy (non-hydrogen) atoms. The van der Waals surface area contributed by atoms with Gasteiger partial charge in [0.1, 0.15) is 0 Å². The third-order valence-corrected chi connectivity index (χ3v) is 3.84. The zero-order chi connectivity index (χ0) is 16.5. The lowest BCUT2D eigenvalue weighted by molar-refractivity contribution is -0.116. The highest BCUT2D eigenvalue weighted by molar-refractivity contribution is 5.90. The summed E-state index contributed by atoms with van der Waals surface area (Å²) in [5.41, 5.74) is 1.95. The van der Waals surface area contributed by atoms with E-state index in [1.807, 2.05) is 31.2 Å². The molecule has 0 saturated carbocycles. The Morgan fingerprint density at radius 1 is 1.26 bits per heavy atom. The van der Waals surface area contributed by atoms with Gasteiger partial charge in [-0.25, -0.2) is 4.99 Å². The van der Waals surface area contributed by atoms with Gasteiger partial charge in [0.05, 0.1) is 6.54 Å². The molecule has 1 aliphatic heterocycles. The van der Waals surface area contributed by atoms with E-state index in [4.69, 9.17) is 4.99 Å². The lowest BCUT2D eigenvalue weighted by Gasteiger charge is -2.20. The summed E-state index contributed by atoms with van der Waals surface area (Å²) in [5, 5.41) is 6.30. The third-order valence-electron chi connectivity index (χ3n) is 3.84. The molecule has 1 fully saturated rings. The van der Waals surface area contributed by atoms with E-state index in [2.05, 4.69) is 22.5 Å². The van der Waals surface area contributed by atoms with Gasteiger partial charge in [0.25, 0.3) is 0 Å². The summed E-state index contributed by atoms with van der Waals surface area (Å²) in [5.74, 6) is 1.06. The first-order valence-electron chi connectivity index (χ1n) is 8.65. The monoisotopic (exact) mass is 316 g/mol. The number of carbonyl (C=O) groups is 1. The van der Waals surface area contributed by atoms with Gasteiger partial charge in [0.15, 0.2) is 5.96 Å². The number of hydrogen-bond donors (Lipinski definition) is 2. The molecule has 0 atom stereocenters. The summed E-state index contributed by atoms with van der Waals surface area (Å²) in [6, 6.07) is 7.94. The minimum Gasteiger partial charge on any atom is -0.357 e. The number of guanidine groups is 1. The van der Waals surface area contributed by atoms with E-state index in [1.165, 1.54) is 12.8 Å². The Labute approximate surface area is 139 Å². The molecule has 0 aliphatic carbocycles. The Bertz CT molecular complexity index is 536. The van der Waals surface area contributed by atoms with Crippen LogP contribution in [0.1, 0.15) is 45.1 Å². The zero-order valence-corrected chi connectivity index (χ0v) is 14.3. The average molecular weight is 316 g/mol. The minimum absolute atomic E-state index is 0.0681. The lowest BCUT2D eigenvalue weighted by atomic mass is 10.2. The first-order valence-corrected chi connectivity index (χ1v) is 8.65. The van der Waals surface area contributed by atoms with Crippen molar-refractivity contribution in [1.29, 1.82) is 0 Å². The van der Waals surface area contributed by atoms with Crippen LogP contribution < -0.4 is 10.6 Å². The Balaban J connectivity index is 2.00. The summed E-state index contributed by atoms with van der Waals surface area (Å²) in [4.78, 5) is 18.8. The number of anilines is 1. The number of benzene rings is 1. The molecule has 0 spiro atoms. The molecule has 0 aromatic heterocycles. The lowest BCUT2D eigenvalue weighted by Crippen LogP contribution is -2.39. The van der Waals surface area contributed by atoms with Crippen molar-refractivity contribution in [2.75, 3.05) is 25.0 Å². The first-order chi connectivity index (χ1) is 11.2. The van der Waals surface area contributed by atoms with Crippen LogP contribution in [-0.4, -0.2) is 36.4 Å². The van der Waals surface area contributed by atoms with Crippen molar-refractivity contribution < 1.29 is 4.79 Å². The second-order valence-corrected chi connectivity index (χ2v) is 5.86. The molecule has 1 aliphatic rings. The van der Waals surface area contributed by atoms with Crippen LogP contribution in [0.25, 0.3) is 0 Å². The molecule has 5 nitrogen and oxygen atoms in total. The maximum atomic E-state index is 11.7. The van der Waals surface area contributed by atoms with E-state index in [-0.39, 0.29) is 5.91 Å². The molecule has 0 bridgehead atoms. The van der Waals surface area contributed by atoms with Gasteiger partial charge in [0, 0.05) is 31.7 Å². The number of hydrogen-bond acceptors (Lipinski definition) is 2. The van der Waals surface area contributed by atoms with E-state index >= 15 is 0 Å². The number of rotatable bonds is 6. The minimum atomic E-state index is 0.0681. The van der Waals surface area contributed by atoms with Gasteiger partial charge in [-0.05, 0) is 43.9 Å². The van der Waals surface area contributed by atoms with Crippen LogP contribution in [0, 0.1) is 0 Å². The Hall–Kier alpha value is -2.04. The van der Waals surface area contributed by atoms with Crippen molar-refractivity contribution in [2.45, 2.75) is 46.1 Å². The van der Waals surface area contributed by atoms with Crippen LogP contribution in [0.15, 0.2) is 29.3 Å². The highest BCUT2D eigenvalue weighted by Crippen LogP contribution is 2.13. The van der Waals surface area contributed by atoms with Crippen molar-refractivity contribution in [3.8, 4) is 0 Å². The van der Waals surface area contributed by atoms with Crippen LogP contribution >= 0.6 is 0 Å². The number of aliphatic imine (C=N–C) groups is 1. The molecule has 1 saturated heterocycles. The van der Waals surface area contributed by atoms with Gasteiger partial charge in [-0.15, -0.1) is 0 Å². The Morgan fingerprint density at radius 3 is 2.74 bits per heavy atom. The first kappa shape index (κ1) is 17.3. The van der Waals surface area contributed by atoms with Crippen molar-refractivity contribution in [1.82, 2.24) is 10.2 Å². The quantitative estimate of drug-likeness (QED) is 0.626. The fraction of sp³-hybridized carbons (Fsp3) is 0.556. The zero-order valence-electron chi connectivity index (χ0n) is 14.3. The van der Waals surface area contributed by atoms with Gasteiger partial charge in [-0.3, -0.25) is 4.79 Å². The maximum Gasteiger partial charge on any atom is 0.224 e. The van der Waals surface area contributed by atoms with Crippen molar-refractivity contribution in [3.05, 3.63) is 29.8 Å². The smallest absolute Gasteiger partial charge is 0.224 e. The standard InChI is InChI=1S/C18H28N4O/c1-3-8-17(23)21-16-10-7-9-15(13-16)14-20-18(19-4-2)22-11-5-6-12-22/h7,9-10,13H,3-6,8,11-12,14H2,1-2H3,(H,19,20)(H,21,23). The molecule has 1 amide bonds. The normalized spacial score (nSPS) is 14.9. The fourth-order valence-electron chi connectivity index (χ4n) is 2.72. The Kier molecular flexibility index (Phi) is 6.91. The molecule has 1 heterocycles. The Morgan fingerprint density at radius 2 is 2.04 bits per heavy atom. The maximum absolute atomic E-state index is 11.7. The van der Waals surface area contributed by atoms with E-state index < -0.39 is 0 Å². The fourth-order valence-corrected chi connectivity index (χ4v) is 2.72. The van der Waals surface area contributed by atoms with E-state index in [1.54, 1.807) is 0 Å². The number of amides is 1. The van der Waals surface area contributed by atoms with Gasteiger partial charge >= 0.3 is 0 Å². The van der Waals surface area contributed by atoms with Crippen molar-refractivity contribution in [3.63, 3.8) is 0 Å². The van der Waals surface area contributed by atoms with E-state index in [0.29, 0.717) is 13.0 Å². The predicted octanol–water partition coefficient (Wildman–Crippen LogP) is 2.99. The molecule has 126 valence electrons. The number of carbonyl (C=O) groups excluding carboxylic acids is 1. The van der Waals surface area contributed by atoms with E-state index in [9.17, 15) is 4.79 Å². The van der Waals surface area contributed by atoms with Crippen LogP contribution in [0.3, 0.4) is 0 Å². The number of nitrogens with zero attached hydrogens (tertiary/aromatic N) is 2. The van der Waals surface area contributed by atoms with Gasteiger partial charge < -0.3 is 15.5 Å². The second-order valence-electron chi connectivity index (χ2n) is 5.86. The van der Waals surface area contributed by atoms with Crippen LogP contribution in [0.5, 0.6) is 0 Å². The highest BCUT2D eigenvalue weighted by atomic mass is 16.1. The number of likely N-dealkylation sites (tertiary alicyclic amines) is 1. The summed E-state index contributed by atoms with van der Waals surface area (Å²) in [7, 11) is 0. The SMILES string of the molecule is CCCC(=O)Nc1cccc(CN=C(NCC)N2CCCC2)c1. The number of nitrogens with one attached hydrogen (secondary N) is 2. The van der Waals surface area contributed by atoms with Crippen molar-refractivity contribution in [2.24, 2.45) is 4.99 Å². The average Bonchev–Trinajstić information content (AvgIpc) is 3.06. The van der Waals surface area contributed by atoms with Gasteiger partial charge in [-0.2, -0.15) is 0 Å². The summed E-state index contributed by atoms with van der Waals surface area (Å²) >= 11 is 0. The molecule has 1 aromatic carbocycles. The van der Waals surface area contributed by atoms with Gasteiger partial charge in [-0.1, -0.05) is 19.1 Å². The highest BCUT2D eigenvalue weighted by Gasteiger charge is 2.15. The topological polar surface area (TPSA) is 56.7 Å². The summed E-state index contributed by atoms with van der Waals surface area (Å²) in [6.45, 7) is 7.76. The largest absolute Gasteiger partial charge is 0.357 e. The van der Waals surface area contributed by atoms with Crippen LogP contribution in [-0.2, 0) is 11.3 Å². The summed E-state index contributed by atoms with van der Waals surface area (Å²) < 4.78 is 0. The predicted molar refractivity (Wildman–Crippen MR) is 95.6 cm³/mol. The summed E-state index contributed by atoms with van der Waals surface area (Å²) in [6.07, 6.45) is 3.90. The van der Waals surface area contributed by atoms with Crippen LogP contribution in [0.2, 0.25) is 0 Å². The molecule has 0 unspecified atom stereocenters. The molecule has 2 rings (SSSR count). The van der Waals surface area contributed by atoms with Crippen molar-refractivity contribution >= 4 is 17.6 Å².